The molecule has 1 amide bonds. The molecular weight excluding hydrogens is 362 g/mol. The second-order valence-electron chi connectivity index (χ2n) is 6.57. The average Bonchev–Trinajstić information content (AvgIpc) is 2.66. The molecule has 2 aromatic rings. The van der Waals surface area contributed by atoms with E-state index in [9.17, 15) is 13.2 Å². The van der Waals surface area contributed by atoms with Gasteiger partial charge in [0.25, 0.3) is 10.2 Å². The second-order valence-corrected chi connectivity index (χ2v) is 8.50. The molecule has 0 atom stereocenters. The van der Waals surface area contributed by atoms with E-state index in [-0.39, 0.29) is 12.5 Å². The molecule has 1 aliphatic heterocycles. The van der Waals surface area contributed by atoms with E-state index in [0.29, 0.717) is 26.1 Å². The van der Waals surface area contributed by atoms with Gasteiger partial charge >= 0.3 is 0 Å². The van der Waals surface area contributed by atoms with Crippen LogP contribution in [0.2, 0.25) is 0 Å². The zero-order valence-electron chi connectivity index (χ0n) is 15.5. The molecule has 1 aliphatic rings. The summed E-state index contributed by atoms with van der Waals surface area (Å²) < 4.78 is 28.5. The highest BCUT2D eigenvalue weighted by Gasteiger charge is 2.34. The van der Waals surface area contributed by atoms with Crippen LogP contribution in [0.15, 0.2) is 54.6 Å². The number of benzene rings is 2. The third-order valence-corrected chi connectivity index (χ3v) is 6.59. The summed E-state index contributed by atoms with van der Waals surface area (Å²) in [5.41, 5.74) is 2.70. The summed E-state index contributed by atoms with van der Waals surface area (Å²) in [6.45, 7) is 2.98. The number of para-hydroxylation sites is 1. The molecule has 0 radical (unpaired) electrons. The Balaban J connectivity index is 1.68. The molecule has 144 valence electrons. The van der Waals surface area contributed by atoms with Crippen molar-refractivity contribution in [2.75, 3.05) is 25.0 Å². The lowest BCUT2D eigenvalue weighted by Gasteiger charge is -2.34. The Bertz CT molecular complexity index is 884. The quantitative estimate of drug-likeness (QED) is 0.828. The standard InChI is InChI=1S/C20H25N3O3S/c1-2-18-11-6-7-12-19(18)21-20(24)16-23-14-8-13-22(27(23,25)26)15-17-9-4-3-5-10-17/h3-7,9-12H,2,8,13-16H2,1H3,(H,21,24). The van der Waals surface area contributed by atoms with Crippen LogP contribution < -0.4 is 5.32 Å². The van der Waals surface area contributed by atoms with Crippen molar-refractivity contribution in [1.82, 2.24) is 8.61 Å². The second kappa shape index (κ2) is 8.65. The van der Waals surface area contributed by atoms with Crippen LogP contribution in [0.25, 0.3) is 0 Å². The number of carbonyl (C=O) groups excluding carboxylic acids is 1. The van der Waals surface area contributed by atoms with Crippen molar-refractivity contribution in [3.8, 4) is 0 Å². The number of nitrogens with one attached hydrogen (secondary N) is 1. The first-order chi connectivity index (χ1) is 13.0. The first kappa shape index (κ1) is 19.5. The first-order valence-electron chi connectivity index (χ1n) is 9.17. The van der Waals surface area contributed by atoms with Crippen LogP contribution in [-0.2, 0) is 28.0 Å². The van der Waals surface area contributed by atoms with Crippen LogP contribution in [0.3, 0.4) is 0 Å². The summed E-state index contributed by atoms with van der Waals surface area (Å²) in [4.78, 5) is 12.5. The molecule has 2 aromatic carbocycles. The Kier molecular flexibility index (Phi) is 6.26. The minimum absolute atomic E-state index is 0.175. The molecular formula is C20H25N3O3S. The lowest BCUT2D eigenvalue weighted by atomic mass is 10.1. The lowest BCUT2D eigenvalue weighted by Crippen LogP contribution is -2.51. The van der Waals surface area contributed by atoms with E-state index in [1.54, 1.807) is 0 Å². The van der Waals surface area contributed by atoms with Crippen LogP contribution in [0, 0.1) is 0 Å². The van der Waals surface area contributed by atoms with Gasteiger partial charge in [-0.1, -0.05) is 55.5 Å². The van der Waals surface area contributed by atoms with Gasteiger partial charge in [-0.2, -0.15) is 17.0 Å². The van der Waals surface area contributed by atoms with Crippen LogP contribution in [0.5, 0.6) is 0 Å². The number of anilines is 1. The van der Waals surface area contributed by atoms with Gasteiger partial charge in [0, 0.05) is 25.3 Å². The molecule has 0 bridgehead atoms. The lowest BCUT2D eigenvalue weighted by molar-refractivity contribution is -0.116. The third kappa shape index (κ3) is 4.74. The van der Waals surface area contributed by atoms with E-state index in [2.05, 4.69) is 5.32 Å². The van der Waals surface area contributed by atoms with Crippen molar-refractivity contribution in [1.29, 1.82) is 0 Å². The summed E-state index contributed by atoms with van der Waals surface area (Å²) in [6.07, 6.45) is 1.49. The van der Waals surface area contributed by atoms with Crippen molar-refractivity contribution < 1.29 is 13.2 Å². The topological polar surface area (TPSA) is 69.7 Å². The fourth-order valence-electron chi connectivity index (χ4n) is 3.23. The maximum absolute atomic E-state index is 12.9. The van der Waals surface area contributed by atoms with Crippen molar-refractivity contribution in [3.63, 3.8) is 0 Å². The number of amides is 1. The molecule has 1 saturated heterocycles. The summed E-state index contributed by atoms with van der Waals surface area (Å²) in [5.74, 6) is -0.318. The Labute approximate surface area is 161 Å². The fraction of sp³-hybridized carbons (Fsp3) is 0.350. The minimum atomic E-state index is -3.66. The van der Waals surface area contributed by atoms with E-state index in [1.165, 1.54) is 8.61 Å². The Morgan fingerprint density at radius 2 is 1.67 bits per heavy atom. The van der Waals surface area contributed by atoms with Gasteiger partial charge in [-0.3, -0.25) is 4.79 Å². The summed E-state index contributed by atoms with van der Waals surface area (Å²) >= 11 is 0. The molecule has 0 aromatic heterocycles. The van der Waals surface area contributed by atoms with Crippen molar-refractivity contribution >= 4 is 21.8 Å². The van der Waals surface area contributed by atoms with E-state index in [1.807, 2.05) is 61.5 Å². The van der Waals surface area contributed by atoms with E-state index >= 15 is 0 Å². The molecule has 0 aliphatic carbocycles. The van der Waals surface area contributed by atoms with Gasteiger partial charge < -0.3 is 5.32 Å². The summed E-state index contributed by atoms with van der Waals surface area (Å²) in [5, 5.41) is 2.85. The molecule has 0 unspecified atom stereocenters. The zero-order valence-corrected chi connectivity index (χ0v) is 16.3. The molecule has 1 N–H and O–H groups in total. The van der Waals surface area contributed by atoms with Gasteiger partial charge in [0.2, 0.25) is 5.91 Å². The zero-order chi connectivity index (χ0) is 19.3. The van der Waals surface area contributed by atoms with Crippen molar-refractivity contribution in [2.45, 2.75) is 26.3 Å². The molecule has 1 fully saturated rings. The van der Waals surface area contributed by atoms with Crippen molar-refractivity contribution in [3.05, 3.63) is 65.7 Å². The van der Waals surface area contributed by atoms with Crippen LogP contribution in [-0.4, -0.2) is 42.6 Å². The van der Waals surface area contributed by atoms with Crippen molar-refractivity contribution in [2.24, 2.45) is 0 Å². The molecule has 3 rings (SSSR count). The summed E-state index contributed by atoms with van der Waals surface area (Å²) in [6, 6.07) is 17.1. The minimum Gasteiger partial charge on any atom is -0.325 e. The number of carbonyl (C=O) groups is 1. The Morgan fingerprint density at radius 1 is 1.00 bits per heavy atom. The van der Waals surface area contributed by atoms with E-state index in [0.717, 1.165) is 23.2 Å². The maximum atomic E-state index is 12.9. The van der Waals surface area contributed by atoms with Gasteiger partial charge in [-0.15, -0.1) is 0 Å². The third-order valence-electron chi connectivity index (χ3n) is 4.66. The number of hydrogen-bond acceptors (Lipinski definition) is 3. The highest BCUT2D eigenvalue weighted by atomic mass is 32.2. The first-order valence-corrected chi connectivity index (χ1v) is 10.6. The van der Waals surface area contributed by atoms with E-state index < -0.39 is 10.2 Å². The summed E-state index contributed by atoms with van der Waals surface area (Å²) in [7, 11) is -3.66. The number of hydrogen-bond donors (Lipinski definition) is 1. The predicted octanol–water partition coefficient (Wildman–Crippen LogP) is 2.64. The molecule has 7 heteroatoms. The van der Waals surface area contributed by atoms with Gasteiger partial charge in [-0.25, -0.2) is 0 Å². The smallest absolute Gasteiger partial charge is 0.282 e. The number of rotatable bonds is 6. The number of aryl methyl sites for hydroxylation is 1. The van der Waals surface area contributed by atoms with Crippen LogP contribution >= 0.6 is 0 Å². The largest absolute Gasteiger partial charge is 0.325 e. The predicted molar refractivity (Wildman–Crippen MR) is 106 cm³/mol. The maximum Gasteiger partial charge on any atom is 0.282 e. The van der Waals surface area contributed by atoms with Gasteiger partial charge in [-0.05, 0) is 30.0 Å². The molecule has 0 saturated carbocycles. The normalized spacial score (nSPS) is 17.5. The van der Waals surface area contributed by atoms with Crippen LogP contribution in [0.1, 0.15) is 24.5 Å². The average molecular weight is 388 g/mol. The van der Waals surface area contributed by atoms with E-state index in [4.69, 9.17) is 0 Å². The van der Waals surface area contributed by atoms with Gasteiger partial charge in [0.15, 0.2) is 0 Å². The van der Waals surface area contributed by atoms with Gasteiger partial charge in [0.05, 0.1) is 6.54 Å². The molecule has 6 nitrogen and oxygen atoms in total. The molecule has 1 heterocycles. The van der Waals surface area contributed by atoms with Gasteiger partial charge in [0.1, 0.15) is 0 Å². The monoisotopic (exact) mass is 387 g/mol. The fourth-order valence-corrected chi connectivity index (χ4v) is 4.87. The Hall–Kier alpha value is -2.22. The highest BCUT2D eigenvalue weighted by Crippen LogP contribution is 2.20. The molecule has 27 heavy (non-hydrogen) atoms. The SMILES string of the molecule is CCc1ccccc1NC(=O)CN1CCCN(Cc2ccccc2)S1(=O)=O. The Morgan fingerprint density at radius 3 is 2.41 bits per heavy atom. The molecule has 0 spiro atoms. The number of nitrogens with zero attached hydrogens (tertiary/aromatic N) is 2. The van der Waals surface area contributed by atoms with Crippen LogP contribution in [0.4, 0.5) is 5.69 Å². The highest BCUT2D eigenvalue weighted by molar-refractivity contribution is 7.86.